The van der Waals surface area contributed by atoms with Crippen LogP contribution in [0.15, 0.2) is 36.7 Å². The lowest BCUT2D eigenvalue weighted by Crippen LogP contribution is -2.38. The molecule has 29 heavy (non-hydrogen) atoms. The van der Waals surface area contributed by atoms with E-state index in [1.807, 2.05) is 38.4 Å². The summed E-state index contributed by atoms with van der Waals surface area (Å²) in [6.45, 7) is 2.14. The second-order valence-corrected chi connectivity index (χ2v) is 7.68. The van der Waals surface area contributed by atoms with Gasteiger partial charge in [-0.25, -0.2) is 9.97 Å². The van der Waals surface area contributed by atoms with Crippen molar-refractivity contribution in [3.05, 3.63) is 47.8 Å². The van der Waals surface area contributed by atoms with Crippen molar-refractivity contribution in [2.24, 2.45) is 0 Å². The minimum atomic E-state index is -0.334. The van der Waals surface area contributed by atoms with Gasteiger partial charge >= 0.3 is 0 Å². The van der Waals surface area contributed by atoms with Crippen LogP contribution < -0.4 is 15.5 Å². The predicted molar refractivity (Wildman–Crippen MR) is 114 cm³/mol. The molecule has 3 rings (SSSR count). The number of hydrogen-bond acceptors (Lipinski definition) is 7. The SMILES string of the molecule is CNC(=O)c1cccc(CCNc2cc(N3C[C@H](O)C[C@@H]3CN(C)C)ncn2)c1. The van der Waals surface area contributed by atoms with Crippen LogP contribution in [0.4, 0.5) is 11.6 Å². The summed E-state index contributed by atoms with van der Waals surface area (Å²) in [6, 6.07) is 9.78. The molecule has 156 valence electrons. The van der Waals surface area contributed by atoms with E-state index in [4.69, 9.17) is 0 Å². The Morgan fingerprint density at radius 3 is 2.90 bits per heavy atom. The maximum Gasteiger partial charge on any atom is 0.251 e. The molecule has 0 radical (unpaired) electrons. The van der Waals surface area contributed by atoms with E-state index in [1.165, 1.54) is 0 Å². The van der Waals surface area contributed by atoms with E-state index in [1.54, 1.807) is 19.4 Å². The Bertz CT molecular complexity index is 828. The van der Waals surface area contributed by atoms with Gasteiger partial charge in [0, 0.05) is 44.4 Å². The first-order valence-corrected chi connectivity index (χ1v) is 9.92. The lowest BCUT2D eigenvalue weighted by atomic mass is 10.1. The summed E-state index contributed by atoms with van der Waals surface area (Å²) in [4.78, 5) is 24.8. The maximum absolute atomic E-state index is 11.8. The smallest absolute Gasteiger partial charge is 0.251 e. The van der Waals surface area contributed by atoms with Crippen LogP contribution in [-0.4, -0.2) is 78.8 Å². The number of aliphatic hydroxyl groups excluding tert-OH is 1. The summed E-state index contributed by atoms with van der Waals surface area (Å²) in [5.41, 5.74) is 1.75. The summed E-state index contributed by atoms with van der Waals surface area (Å²) in [7, 11) is 5.70. The minimum absolute atomic E-state index is 0.0830. The van der Waals surface area contributed by atoms with E-state index in [9.17, 15) is 9.90 Å². The molecular formula is C21H30N6O2. The van der Waals surface area contributed by atoms with Crippen molar-refractivity contribution in [1.82, 2.24) is 20.2 Å². The maximum atomic E-state index is 11.8. The van der Waals surface area contributed by atoms with Crippen LogP contribution in [0.25, 0.3) is 0 Å². The second-order valence-electron chi connectivity index (χ2n) is 7.68. The monoisotopic (exact) mass is 398 g/mol. The molecule has 0 bridgehead atoms. The molecule has 3 N–H and O–H groups in total. The number of amides is 1. The Kier molecular flexibility index (Phi) is 7.00. The molecule has 0 saturated carbocycles. The van der Waals surface area contributed by atoms with Gasteiger partial charge in [0.25, 0.3) is 5.91 Å². The summed E-state index contributed by atoms with van der Waals surface area (Å²) in [6.07, 6.45) is 2.74. The molecule has 2 heterocycles. The Hall–Kier alpha value is -2.71. The minimum Gasteiger partial charge on any atom is -0.391 e. The summed E-state index contributed by atoms with van der Waals surface area (Å²) >= 11 is 0. The molecule has 1 aromatic carbocycles. The molecule has 1 aliphatic heterocycles. The Balaban J connectivity index is 1.61. The third kappa shape index (κ3) is 5.65. The van der Waals surface area contributed by atoms with E-state index in [0.29, 0.717) is 18.7 Å². The van der Waals surface area contributed by atoms with E-state index < -0.39 is 0 Å². The molecule has 8 heteroatoms. The number of aliphatic hydroxyl groups is 1. The molecule has 1 fully saturated rings. The van der Waals surface area contributed by atoms with Gasteiger partial charge in [-0.2, -0.15) is 0 Å². The van der Waals surface area contributed by atoms with Crippen molar-refractivity contribution in [1.29, 1.82) is 0 Å². The molecular weight excluding hydrogens is 368 g/mol. The Morgan fingerprint density at radius 1 is 1.31 bits per heavy atom. The molecule has 1 saturated heterocycles. The topological polar surface area (TPSA) is 93.6 Å². The average Bonchev–Trinajstić information content (AvgIpc) is 3.07. The van der Waals surface area contributed by atoms with Gasteiger partial charge in [-0.05, 0) is 44.6 Å². The fourth-order valence-electron chi connectivity index (χ4n) is 3.72. The van der Waals surface area contributed by atoms with Crippen molar-refractivity contribution < 1.29 is 9.90 Å². The van der Waals surface area contributed by atoms with Crippen LogP contribution in [0.2, 0.25) is 0 Å². The van der Waals surface area contributed by atoms with E-state index in [0.717, 1.165) is 36.6 Å². The van der Waals surface area contributed by atoms with Crippen molar-refractivity contribution in [2.75, 3.05) is 51.0 Å². The van der Waals surface area contributed by atoms with E-state index in [2.05, 4.69) is 30.4 Å². The number of β-amino-alcohol motifs (C(OH)–C–C–N with tert-alkyl or cyclic N) is 1. The van der Waals surface area contributed by atoms with Gasteiger partial charge in [0.1, 0.15) is 18.0 Å². The highest BCUT2D eigenvalue weighted by atomic mass is 16.3. The highest BCUT2D eigenvalue weighted by Gasteiger charge is 2.32. The van der Waals surface area contributed by atoms with Crippen LogP contribution in [-0.2, 0) is 6.42 Å². The predicted octanol–water partition coefficient (Wildman–Crippen LogP) is 0.992. The number of aromatic nitrogens is 2. The zero-order valence-corrected chi connectivity index (χ0v) is 17.3. The third-order valence-corrected chi connectivity index (χ3v) is 5.05. The molecule has 2 atom stereocenters. The number of rotatable bonds is 8. The lowest BCUT2D eigenvalue weighted by Gasteiger charge is -2.27. The summed E-state index contributed by atoms with van der Waals surface area (Å²) in [5, 5.41) is 16.1. The molecule has 1 amide bonds. The number of nitrogens with one attached hydrogen (secondary N) is 2. The van der Waals surface area contributed by atoms with Crippen LogP contribution in [0.5, 0.6) is 0 Å². The number of hydrogen-bond donors (Lipinski definition) is 3. The molecule has 0 aliphatic carbocycles. The number of benzene rings is 1. The van der Waals surface area contributed by atoms with Crippen molar-refractivity contribution in [2.45, 2.75) is 25.0 Å². The summed E-state index contributed by atoms with van der Waals surface area (Å²) in [5.74, 6) is 1.50. The molecule has 0 unspecified atom stereocenters. The Labute approximate surface area is 172 Å². The van der Waals surface area contributed by atoms with Crippen LogP contribution >= 0.6 is 0 Å². The molecule has 1 aliphatic rings. The number of likely N-dealkylation sites (N-methyl/N-ethyl adjacent to an activating group) is 1. The first-order valence-electron chi connectivity index (χ1n) is 9.92. The van der Waals surface area contributed by atoms with Gasteiger partial charge in [-0.1, -0.05) is 12.1 Å². The second kappa shape index (κ2) is 9.67. The number of nitrogens with zero attached hydrogens (tertiary/aromatic N) is 4. The molecule has 2 aromatic rings. The van der Waals surface area contributed by atoms with Crippen molar-refractivity contribution >= 4 is 17.5 Å². The van der Waals surface area contributed by atoms with Gasteiger partial charge in [-0.3, -0.25) is 4.79 Å². The van der Waals surface area contributed by atoms with Gasteiger partial charge < -0.3 is 25.5 Å². The highest BCUT2D eigenvalue weighted by molar-refractivity contribution is 5.94. The zero-order valence-electron chi connectivity index (χ0n) is 17.3. The quantitative estimate of drug-likeness (QED) is 0.611. The normalized spacial score (nSPS) is 18.9. The van der Waals surface area contributed by atoms with Gasteiger partial charge in [0.05, 0.1) is 6.10 Å². The number of carbonyl (C=O) groups excluding carboxylic acids is 1. The first kappa shape index (κ1) is 21.0. The van der Waals surface area contributed by atoms with E-state index >= 15 is 0 Å². The summed E-state index contributed by atoms with van der Waals surface area (Å²) < 4.78 is 0. The average molecular weight is 399 g/mol. The van der Waals surface area contributed by atoms with Crippen molar-refractivity contribution in [3.63, 3.8) is 0 Å². The van der Waals surface area contributed by atoms with Crippen molar-refractivity contribution in [3.8, 4) is 0 Å². The lowest BCUT2D eigenvalue weighted by molar-refractivity contribution is 0.0963. The van der Waals surface area contributed by atoms with Crippen LogP contribution in [0.1, 0.15) is 22.3 Å². The number of carbonyl (C=O) groups is 1. The highest BCUT2D eigenvalue weighted by Crippen LogP contribution is 2.25. The molecule has 1 aromatic heterocycles. The number of anilines is 2. The molecule has 8 nitrogen and oxygen atoms in total. The first-order chi connectivity index (χ1) is 14.0. The molecule has 0 spiro atoms. The van der Waals surface area contributed by atoms with E-state index in [-0.39, 0.29) is 18.1 Å². The zero-order chi connectivity index (χ0) is 20.8. The standard InChI is InChI=1S/C21H30N6O2/c1-22-21(29)16-6-4-5-15(9-16)7-8-23-19-11-20(25-14-24-19)27-13-18(28)10-17(27)12-26(2)3/h4-6,9,11,14,17-18,28H,7-8,10,12-13H2,1-3H3,(H,22,29)(H,23,24,25)/t17-,18-/m1/s1. The van der Waals surface area contributed by atoms with Gasteiger partial charge in [0.15, 0.2) is 0 Å². The largest absolute Gasteiger partial charge is 0.391 e. The van der Waals surface area contributed by atoms with Gasteiger partial charge in [-0.15, -0.1) is 0 Å². The van der Waals surface area contributed by atoms with Gasteiger partial charge in [0.2, 0.25) is 0 Å². The fourth-order valence-corrected chi connectivity index (χ4v) is 3.72. The third-order valence-electron chi connectivity index (χ3n) is 5.05. The Morgan fingerprint density at radius 2 is 2.14 bits per heavy atom. The van der Waals surface area contributed by atoms with Crippen LogP contribution in [0.3, 0.4) is 0 Å². The fraction of sp³-hybridized carbons (Fsp3) is 0.476. The van der Waals surface area contributed by atoms with Crippen LogP contribution in [0, 0.1) is 0 Å².